The molecule has 0 bridgehead atoms. The van der Waals surface area contributed by atoms with Crippen molar-refractivity contribution in [1.29, 1.82) is 0 Å². The molecule has 240 valence electrons. The lowest BCUT2D eigenvalue weighted by Gasteiger charge is -2.31. The zero-order chi connectivity index (χ0) is 32.7. The standard InChI is InChI=1S/C40H46N2O4/c1-24-10-11-32(25(2)19-24)22-42-17-16-28-20-30(12-13-33(28)23-42)35-26(3)41-27(4)36(38(39(43)44)46-40(5,6)7)37(35)31-14-15-34-29(21-31)9-8-18-45-34/h10-15,19-21,38H,8-9,16-18,22-23H2,1-7H3,(H,43,44). The molecular weight excluding hydrogens is 572 g/mol. The van der Waals surface area contributed by atoms with Gasteiger partial charge in [-0.05, 0) is 124 Å². The fourth-order valence-corrected chi connectivity index (χ4v) is 7.11. The Morgan fingerprint density at radius 3 is 2.39 bits per heavy atom. The van der Waals surface area contributed by atoms with Crippen LogP contribution >= 0.6 is 0 Å². The van der Waals surface area contributed by atoms with Crippen LogP contribution in [-0.4, -0.2) is 39.7 Å². The molecule has 0 saturated heterocycles. The highest BCUT2D eigenvalue weighted by molar-refractivity contribution is 5.91. The lowest BCUT2D eigenvalue weighted by atomic mass is 9.84. The van der Waals surface area contributed by atoms with Crippen molar-refractivity contribution >= 4 is 5.97 Å². The first kappa shape index (κ1) is 32.0. The summed E-state index contributed by atoms with van der Waals surface area (Å²) >= 11 is 0. The van der Waals surface area contributed by atoms with Crippen molar-refractivity contribution in [2.45, 2.75) is 92.5 Å². The Labute approximate surface area is 273 Å². The first-order valence-corrected chi connectivity index (χ1v) is 16.5. The average Bonchev–Trinajstić information content (AvgIpc) is 3.00. The van der Waals surface area contributed by atoms with Gasteiger partial charge in [0.05, 0.1) is 12.2 Å². The predicted molar refractivity (Wildman–Crippen MR) is 183 cm³/mol. The summed E-state index contributed by atoms with van der Waals surface area (Å²) in [5.74, 6) is -0.119. The van der Waals surface area contributed by atoms with Gasteiger partial charge in [-0.15, -0.1) is 0 Å². The normalized spacial score (nSPS) is 15.5. The van der Waals surface area contributed by atoms with E-state index in [1.807, 2.05) is 40.7 Å². The van der Waals surface area contributed by atoms with Gasteiger partial charge in [0, 0.05) is 42.1 Å². The minimum atomic E-state index is -1.18. The van der Waals surface area contributed by atoms with Gasteiger partial charge in [0.1, 0.15) is 5.75 Å². The predicted octanol–water partition coefficient (Wildman–Crippen LogP) is 8.47. The van der Waals surface area contributed by atoms with Gasteiger partial charge in [-0.2, -0.15) is 0 Å². The molecule has 1 unspecified atom stereocenters. The molecule has 3 heterocycles. The number of hydrogen-bond donors (Lipinski definition) is 1. The molecule has 0 amide bonds. The largest absolute Gasteiger partial charge is 0.493 e. The Hall–Kier alpha value is -4.00. The van der Waals surface area contributed by atoms with Gasteiger partial charge in [0.15, 0.2) is 6.10 Å². The van der Waals surface area contributed by atoms with Gasteiger partial charge in [0.25, 0.3) is 0 Å². The Kier molecular flexibility index (Phi) is 8.79. The number of benzene rings is 3. The first-order chi connectivity index (χ1) is 21.9. The van der Waals surface area contributed by atoms with E-state index >= 15 is 0 Å². The highest BCUT2D eigenvalue weighted by atomic mass is 16.5. The number of hydrogen-bond acceptors (Lipinski definition) is 5. The number of aryl methyl sites for hydroxylation is 5. The van der Waals surface area contributed by atoms with E-state index in [0.29, 0.717) is 17.9 Å². The molecule has 6 nitrogen and oxygen atoms in total. The van der Waals surface area contributed by atoms with Crippen LogP contribution in [0.15, 0.2) is 54.6 Å². The van der Waals surface area contributed by atoms with Crippen LogP contribution in [0.1, 0.15) is 83.6 Å². The molecule has 6 heteroatoms. The second-order valence-electron chi connectivity index (χ2n) is 14.0. The zero-order valence-corrected chi connectivity index (χ0v) is 28.3. The molecule has 0 spiro atoms. The highest BCUT2D eigenvalue weighted by Crippen LogP contribution is 2.44. The van der Waals surface area contributed by atoms with Gasteiger partial charge in [-0.25, -0.2) is 4.79 Å². The molecule has 4 aromatic rings. The molecule has 1 aromatic heterocycles. The molecule has 2 aliphatic rings. The number of carboxylic acids is 1. The maximum atomic E-state index is 12.9. The van der Waals surface area contributed by atoms with Crippen LogP contribution in [0.4, 0.5) is 0 Å². The topological polar surface area (TPSA) is 71.9 Å². The third kappa shape index (κ3) is 6.60. The summed E-state index contributed by atoms with van der Waals surface area (Å²) in [5.41, 5.74) is 13.2. The Morgan fingerprint density at radius 1 is 0.913 bits per heavy atom. The van der Waals surface area contributed by atoms with Gasteiger partial charge in [0.2, 0.25) is 0 Å². The van der Waals surface area contributed by atoms with E-state index in [0.717, 1.165) is 78.2 Å². The van der Waals surface area contributed by atoms with E-state index in [2.05, 4.69) is 67.3 Å². The lowest BCUT2D eigenvalue weighted by Crippen LogP contribution is -2.30. The van der Waals surface area contributed by atoms with Crippen LogP contribution in [0.5, 0.6) is 5.75 Å². The van der Waals surface area contributed by atoms with Crippen LogP contribution in [0, 0.1) is 27.7 Å². The van der Waals surface area contributed by atoms with Crippen molar-refractivity contribution in [3.63, 3.8) is 0 Å². The molecular formula is C40H46N2O4. The second kappa shape index (κ2) is 12.7. The SMILES string of the molecule is Cc1ccc(CN2CCc3cc(-c4c(C)nc(C)c(C(OC(C)(C)C)C(=O)O)c4-c4ccc5c(c4)CCCO5)ccc3C2)c(C)c1. The molecule has 6 rings (SSSR count). The summed E-state index contributed by atoms with van der Waals surface area (Å²) in [5, 5.41) is 10.6. The summed E-state index contributed by atoms with van der Waals surface area (Å²) in [7, 11) is 0. The smallest absolute Gasteiger partial charge is 0.337 e. The van der Waals surface area contributed by atoms with E-state index in [1.165, 1.54) is 27.8 Å². The monoisotopic (exact) mass is 618 g/mol. The van der Waals surface area contributed by atoms with Gasteiger partial charge < -0.3 is 14.6 Å². The quantitative estimate of drug-likeness (QED) is 0.224. The minimum absolute atomic E-state index is 0.608. The number of fused-ring (bicyclic) bond motifs is 2. The summed E-state index contributed by atoms with van der Waals surface area (Å²) in [4.78, 5) is 20.4. The highest BCUT2D eigenvalue weighted by Gasteiger charge is 2.34. The van der Waals surface area contributed by atoms with Crippen molar-refractivity contribution in [2.24, 2.45) is 0 Å². The van der Waals surface area contributed by atoms with E-state index in [9.17, 15) is 9.90 Å². The summed E-state index contributed by atoms with van der Waals surface area (Å²) in [6.07, 6.45) is 1.66. The van der Waals surface area contributed by atoms with Crippen molar-refractivity contribution in [3.8, 4) is 28.0 Å². The summed E-state index contributed by atoms with van der Waals surface area (Å²) < 4.78 is 12.2. The fourth-order valence-electron chi connectivity index (χ4n) is 7.11. The van der Waals surface area contributed by atoms with Crippen molar-refractivity contribution in [1.82, 2.24) is 9.88 Å². The third-order valence-corrected chi connectivity index (χ3v) is 9.24. The van der Waals surface area contributed by atoms with Crippen LogP contribution in [0.3, 0.4) is 0 Å². The number of aliphatic carboxylic acids is 1. The molecule has 2 aliphatic heterocycles. The number of nitrogens with zero attached hydrogens (tertiary/aromatic N) is 2. The minimum Gasteiger partial charge on any atom is -0.493 e. The number of aromatic nitrogens is 1. The van der Waals surface area contributed by atoms with Crippen LogP contribution in [-0.2, 0) is 35.5 Å². The van der Waals surface area contributed by atoms with Crippen molar-refractivity contribution < 1.29 is 19.4 Å². The maximum absolute atomic E-state index is 12.9. The average molecular weight is 619 g/mol. The molecule has 3 aromatic carbocycles. The summed E-state index contributed by atoms with van der Waals surface area (Å²) in [6.45, 7) is 17.5. The molecule has 1 atom stereocenters. The van der Waals surface area contributed by atoms with E-state index < -0.39 is 17.7 Å². The van der Waals surface area contributed by atoms with Crippen molar-refractivity contribution in [3.05, 3.63) is 105 Å². The Morgan fingerprint density at radius 2 is 1.65 bits per heavy atom. The fraction of sp³-hybridized carbons (Fsp3) is 0.400. The van der Waals surface area contributed by atoms with E-state index in [4.69, 9.17) is 14.5 Å². The van der Waals surface area contributed by atoms with E-state index in [1.54, 1.807) is 0 Å². The molecule has 0 saturated carbocycles. The Balaban J connectivity index is 1.46. The summed E-state index contributed by atoms with van der Waals surface area (Å²) in [6, 6.07) is 19.7. The van der Waals surface area contributed by atoms with Crippen LogP contribution in [0.25, 0.3) is 22.3 Å². The second-order valence-corrected chi connectivity index (χ2v) is 14.0. The first-order valence-electron chi connectivity index (χ1n) is 16.5. The number of carboxylic acid groups (broad SMARTS) is 1. The molecule has 0 fully saturated rings. The van der Waals surface area contributed by atoms with Gasteiger partial charge in [-0.1, -0.05) is 48.0 Å². The number of carbonyl (C=O) groups is 1. The third-order valence-electron chi connectivity index (χ3n) is 9.24. The number of pyridine rings is 1. The molecule has 46 heavy (non-hydrogen) atoms. The van der Waals surface area contributed by atoms with Gasteiger partial charge in [-0.3, -0.25) is 9.88 Å². The van der Waals surface area contributed by atoms with E-state index in [-0.39, 0.29) is 0 Å². The maximum Gasteiger partial charge on any atom is 0.337 e. The lowest BCUT2D eigenvalue weighted by molar-refractivity contribution is -0.160. The van der Waals surface area contributed by atoms with Crippen LogP contribution < -0.4 is 4.74 Å². The molecule has 0 aliphatic carbocycles. The molecule has 0 radical (unpaired) electrons. The Bertz CT molecular complexity index is 1800. The molecule has 1 N–H and O–H groups in total. The number of rotatable bonds is 7. The number of ether oxygens (including phenoxy) is 2. The van der Waals surface area contributed by atoms with Crippen LogP contribution in [0.2, 0.25) is 0 Å². The zero-order valence-electron chi connectivity index (χ0n) is 28.3. The van der Waals surface area contributed by atoms with Gasteiger partial charge >= 0.3 is 5.97 Å². The van der Waals surface area contributed by atoms with Crippen molar-refractivity contribution in [2.75, 3.05) is 13.2 Å².